The van der Waals surface area contributed by atoms with Gasteiger partial charge >= 0.3 is 6.09 Å². The summed E-state index contributed by atoms with van der Waals surface area (Å²) in [5, 5.41) is 3.64. The zero-order valence-corrected chi connectivity index (χ0v) is 17.7. The Hall–Kier alpha value is -1.79. The quantitative estimate of drug-likeness (QED) is 0.809. The highest BCUT2D eigenvalue weighted by Crippen LogP contribution is 2.45. The maximum Gasteiger partial charge on any atom is 0.410 e. The minimum Gasteiger partial charge on any atom is -0.444 e. The van der Waals surface area contributed by atoms with Crippen molar-refractivity contribution < 1.29 is 14.3 Å². The van der Waals surface area contributed by atoms with Crippen LogP contribution >= 0.6 is 0 Å². The first-order valence-electron chi connectivity index (χ1n) is 11.9. The van der Waals surface area contributed by atoms with E-state index in [0.717, 1.165) is 38.6 Å². The minimum atomic E-state index is -0.0947. The molecule has 6 heteroatoms. The molecule has 4 fully saturated rings. The second-order valence-corrected chi connectivity index (χ2v) is 10.0. The Morgan fingerprint density at radius 2 is 1.83 bits per heavy atom. The number of para-hydroxylation sites is 1. The van der Waals surface area contributed by atoms with Gasteiger partial charge in [0.15, 0.2) is 0 Å². The van der Waals surface area contributed by atoms with Crippen molar-refractivity contribution in [2.24, 2.45) is 0 Å². The molecular formula is C24H33N3O3. The molecule has 30 heavy (non-hydrogen) atoms. The Balaban J connectivity index is 1.08. The molecule has 2 bridgehead atoms. The first-order valence-corrected chi connectivity index (χ1v) is 11.9. The van der Waals surface area contributed by atoms with Crippen molar-refractivity contribution in [3.8, 4) is 0 Å². The predicted molar refractivity (Wildman–Crippen MR) is 115 cm³/mol. The largest absolute Gasteiger partial charge is 0.444 e. The molecule has 2 unspecified atom stereocenters. The van der Waals surface area contributed by atoms with Gasteiger partial charge in [-0.1, -0.05) is 18.2 Å². The molecule has 0 saturated carbocycles. The van der Waals surface area contributed by atoms with Crippen LogP contribution in [0.1, 0.15) is 50.5 Å². The van der Waals surface area contributed by atoms with Gasteiger partial charge in [-0.05, 0) is 63.2 Å². The van der Waals surface area contributed by atoms with E-state index in [-0.39, 0.29) is 12.2 Å². The summed E-state index contributed by atoms with van der Waals surface area (Å²) in [4.78, 5) is 17.6. The molecule has 6 nitrogen and oxygen atoms in total. The number of benzene rings is 1. The average molecular weight is 412 g/mol. The third-order valence-corrected chi connectivity index (χ3v) is 8.46. The van der Waals surface area contributed by atoms with Gasteiger partial charge in [0.05, 0.1) is 13.2 Å². The van der Waals surface area contributed by atoms with Gasteiger partial charge in [-0.2, -0.15) is 0 Å². The normalized spacial score (nSPS) is 34.7. The fraction of sp³-hybridized carbons (Fsp3) is 0.708. The second kappa shape index (κ2) is 7.41. The summed E-state index contributed by atoms with van der Waals surface area (Å²) < 4.78 is 11.1. The van der Waals surface area contributed by atoms with Crippen LogP contribution in [0.4, 0.5) is 10.5 Å². The highest BCUT2D eigenvalue weighted by atomic mass is 16.6. The van der Waals surface area contributed by atoms with E-state index < -0.39 is 0 Å². The molecule has 0 radical (unpaired) electrons. The summed E-state index contributed by atoms with van der Waals surface area (Å²) in [5.74, 6) is 0. The SMILES string of the molecule is O=C(O[C@@H]1CCOC1)N1C2CCC1CC(N1CCC3(CC1)CNc1ccccc13)C2. The summed E-state index contributed by atoms with van der Waals surface area (Å²) in [6, 6.07) is 10.2. The summed E-state index contributed by atoms with van der Waals surface area (Å²) in [6.45, 7) is 4.70. The van der Waals surface area contributed by atoms with Crippen molar-refractivity contribution >= 4 is 11.8 Å². The number of likely N-dealkylation sites (tertiary alicyclic amines) is 1. The Labute approximate surface area is 178 Å². The topological polar surface area (TPSA) is 54.0 Å². The lowest BCUT2D eigenvalue weighted by Crippen LogP contribution is -2.55. The van der Waals surface area contributed by atoms with Crippen LogP contribution < -0.4 is 5.32 Å². The van der Waals surface area contributed by atoms with Crippen LogP contribution in [0.25, 0.3) is 0 Å². The van der Waals surface area contributed by atoms with Crippen molar-refractivity contribution in [1.82, 2.24) is 9.80 Å². The minimum absolute atomic E-state index is 0.0455. The van der Waals surface area contributed by atoms with Crippen molar-refractivity contribution in [1.29, 1.82) is 0 Å². The Bertz CT molecular complexity index is 787. The van der Waals surface area contributed by atoms with Crippen LogP contribution in [0.3, 0.4) is 0 Å². The fourth-order valence-electron chi connectivity index (χ4n) is 6.78. The molecular weight excluding hydrogens is 378 g/mol. The number of nitrogens with zero attached hydrogens (tertiary/aromatic N) is 2. The number of carbonyl (C=O) groups excluding carboxylic acids is 1. The highest BCUT2D eigenvalue weighted by Gasteiger charge is 2.48. The van der Waals surface area contributed by atoms with Gasteiger partial charge in [0.1, 0.15) is 6.10 Å². The van der Waals surface area contributed by atoms with E-state index in [9.17, 15) is 4.79 Å². The van der Waals surface area contributed by atoms with Gasteiger partial charge in [0.25, 0.3) is 0 Å². The van der Waals surface area contributed by atoms with Crippen molar-refractivity contribution in [3.63, 3.8) is 0 Å². The number of hydrogen-bond acceptors (Lipinski definition) is 5. The summed E-state index contributed by atoms with van der Waals surface area (Å²) in [6.07, 6.45) is 7.64. The second-order valence-electron chi connectivity index (χ2n) is 10.0. The fourth-order valence-corrected chi connectivity index (χ4v) is 6.78. The predicted octanol–water partition coefficient (Wildman–Crippen LogP) is 3.37. The number of carbonyl (C=O) groups is 1. The number of piperidine rings is 2. The zero-order valence-electron chi connectivity index (χ0n) is 17.7. The molecule has 0 aliphatic carbocycles. The maximum absolute atomic E-state index is 12.8. The molecule has 1 aromatic carbocycles. The van der Waals surface area contributed by atoms with Crippen LogP contribution in [-0.2, 0) is 14.9 Å². The standard InChI is InChI=1S/C24H33N3O3/c28-23(30-20-7-12-29-15-20)27-17-5-6-18(27)14-19(13-17)26-10-8-24(9-11-26)16-25-22-4-2-1-3-21(22)24/h1-4,17-20,25H,5-16H2/t17?,18?,19?,20-/m1/s1. The van der Waals surface area contributed by atoms with E-state index in [1.807, 2.05) is 0 Å². The number of nitrogens with one attached hydrogen (secondary N) is 1. The third kappa shape index (κ3) is 3.11. The summed E-state index contributed by atoms with van der Waals surface area (Å²) in [5.41, 5.74) is 3.18. The van der Waals surface area contributed by atoms with Crippen molar-refractivity contribution in [2.75, 3.05) is 38.2 Å². The van der Waals surface area contributed by atoms with E-state index in [1.54, 1.807) is 0 Å². The van der Waals surface area contributed by atoms with Gasteiger partial charge in [-0.3, -0.25) is 0 Å². The maximum atomic E-state index is 12.8. The highest BCUT2D eigenvalue weighted by molar-refractivity contribution is 5.69. The molecule has 1 N–H and O–H groups in total. The molecule has 1 spiro atoms. The Morgan fingerprint density at radius 1 is 1.07 bits per heavy atom. The molecule has 162 valence electrons. The molecule has 5 aliphatic rings. The molecule has 3 atom stereocenters. The van der Waals surface area contributed by atoms with Gasteiger partial charge in [0.2, 0.25) is 0 Å². The molecule has 6 rings (SSSR count). The molecule has 1 amide bonds. The van der Waals surface area contributed by atoms with E-state index >= 15 is 0 Å². The lowest BCUT2D eigenvalue weighted by atomic mass is 9.74. The Morgan fingerprint density at radius 3 is 2.57 bits per heavy atom. The van der Waals surface area contributed by atoms with E-state index in [2.05, 4.69) is 39.4 Å². The van der Waals surface area contributed by atoms with Crippen LogP contribution in [0.15, 0.2) is 24.3 Å². The average Bonchev–Trinajstić information content (AvgIpc) is 3.47. The Kier molecular flexibility index (Phi) is 4.68. The van der Waals surface area contributed by atoms with Crippen LogP contribution in [0, 0.1) is 0 Å². The first-order chi connectivity index (χ1) is 14.7. The van der Waals surface area contributed by atoms with Crippen LogP contribution in [-0.4, -0.2) is 73.0 Å². The van der Waals surface area contributed by atoms with Gasteiger partial charge in [-0.25, -0.2) is 4.79 Å². The summed E-state index contributed by atoms with van der Waals surface area (Å²) >= 11 is 0. The number of hydrogen-bond donors (Lipinski definition) is 1. The monoisotopic (exact) mass is 411 g/mol. The van der Waals surface area contributed by atoms with E-state index in [1.165, 1.54) is 37.2 Å². The van der Waals surface area contributed by atoms with Crippen LogP contribution in [0.5, 0.6) is 0 Å². The van der Waals surface area contributed by atoms with Crippen LogP contribution in [0.2, 0.25) is 0 Å². The smallest absolute Gasteiger partial charge is 0.410 e. The number of fused-ring (bicyclic) bond motifs is 4. The van der Waals surface area contributed by atoms with E-state index in [0.29, 0.717) is 36.8 Å². The molecule has 5 aliphatic heterocycles. The molecule has 4 saturated heterocycles. The van der Waals surface area contributed by atoms with Gasteiger partial charge in [0, 0.05) is 42.2 Å². The number of ether oxygens (including phenoxy) is 2. The van der Waals surface area contributed by atoms with Gasteiger partial charge in [-0.15, -0.1) is 0 Å². The molecule has 5 heterocycles. The zero-order chi connectivity index (χ0) is 20.1. The third-order valence-electron chi connectivity index (χ3n) is 8.46. The lowest BCUT2D eigenvalue weighted by molar-refractivity contribution is 0.00991. The molecule has 1 aromatic rings. The summed E-state index contributed by atoms with van der Waals surface area (Å²) in [7, 11) is 0. The van der Waals surface area contributed by atoms with Crippen molar-refractivity contribution in [3.05, 3.63) is 29.8 Å². The first kappa shape index (κ1) is 18.9. The molecule has 0 aromatic heterocycles. The van der Waals surface area contributed by atoms with E-state index in [4.69, 9.17) is 9.47 Å². The number of amides is 1. The van der Waals surface area contributed by atoms with Crippen molar-refractivity contribution in [2.45, 2.75) is 74.6 Å². The number of rotatable bonds is 2. The lowest BCUT2D eigenvalue weighted by Gasteiger charge is -2.47. The van der Waals surface area contributed by atoms with Gasteiger partial charge < -0.3 is 24.6 Å². The number of anilines is 1.